The van der Waals surface area contributed by atoms with Gasteiger partial charge in [0.05, 0.1) is 15.9 Å². The quantitative estimate of drug-likeness (QED) is 0.842. The maximum atomic E-state index is 12.3. The van der Waals surface area contributed by atoms with Gasteiger partial charge in [0.25, 0.3) is 5.56 Å². The van der Waals surface area contributed by atoms with E-state index >= 15 is 0 Å². The van der Waals surface area contributed by atoms with Gasteiger partial charge in [-0.3, -0.25) is 9.36 Å². The second-order valence-corrected chi connectivity index (χ2v) is 4.76. The first kappa shape index (κ1) is 10.6. The third-order valence-corrected chi connectivity index (χ3v) is 3.66. The number of rotatable bonds is 1. The zero-order valence-electron chi connectivity index (χ0n) is 9.07. The van der Waals surface area contributed by atoms with Gasteiger partial charge >= 0.3 is 5.69 Å². The number of fused-ring (bicyclic) bond motifs is 1. The van der Waals surface area contributed by atoms with Gasteiger partial charge in [0, 0.05) is 6.04 Å². The Bertz CT molecular complexity index is 698. The van der Waals surface area contributed by atoms with Crippen molar-refractivity contribution in [1.29, 1.82) is 0 Å². The summed E-state index contributed by atoms with van der Waals surface area (Å²) in [6.07, 6.45) is 2.84. The summed E-state index contributed by atoms with van der Waals surface area (Å²) in [6.45, 7) is 0. The Morgan fingerprint density at radius 2 is 2.06 bits per heavy atom. The molecule has 1 aliphatic rings. The van der Waals surface area contributed by atoms with Crippen LogP contribution in [-0.2, 0) is 0 Å². The first-order valence-electron chi connectivity index (χ1n) is 5.61. The van der Waals surface area contributed by atoms with Crippen molar-refractivity contribution in [2.45, 2.75) is 25.3 Å². The molecule has 0 aliphatic heterocycles. The number of nitrogens with zero attached hydrogens (tertiary/aromatic N) is 1. The Labute approximate surface area is 102 Å². The van der Waals surface area contributed by atoms with E-state index < -0.39 is 0 Å². The predicted molar refractivity (Wildman–Crippen MR) is 66.7 cm³/mol. The van der Waals surface area contributed by atoms with Crippen LogP contribution in [0.2, 0.25) is 5.02 Å². The summed E-state index contributed by atoms with van der Waals surface area (Å²) in [4.78, 5) is 26.8. The van der Waals surface area contributed by atoms with E-state index in [-0.39, 0.29) is 17.3 Å². The molecule has 0 bridgehead atoms. The van der Waals surface area contributed by atoms with Gasteiger partial charge in [-0.05, 0) is 31.4 Å². The Balaban J connectivity index is 2.41. The summed E-state index contributed by atoms with van der Waals surface area (Å²) in [7, 11) is 0. The summed E-state index contributed by atoms with van der Waals surface area (Å²) in [5.41, 5.74) is -0.114. The van der Waals surface area contributed by atoms with Crippen LogP contribution in [0.5, 0.6) is 0 Å². The Hall–Kier alpha value is -1.55. The van der Waals surface area contributed by atoms with Crippen LogP contribution < -0.4 is 11.2 Å². The van der Waals surface area contributed by atoms with Crippen LogP contribution in [0, 0.1) is 0 Å². The molecular weight excluding hydrogens is 240 g/mol. The average molecular weight is 251 g/mol. The Morgan fingerprint density at radius 1 is 1.29 bits per heavy atom. The number of nitrogens with one attached hydrogen (secondary N) is 1. The second kappa shape index (κ2) is 3.74. The van der Waals surface area contributed by atoms with Crippen molar-refractivity contribution >= 4 is 22.5 Å². The highest BCUT2D eigenvalue weighted by molar-refractivity contribution is 6.35. The topological polar surface area (TPSA) is 54.9 Å². The van der Waals surface area contributed by atoms with Crippen molar-refractivity contribution in [2.24, 2.45) is 0 Å². The molecule has 0 radical (unpaired) electrons. The van der Waals surface area contributed by atoms with Crippen LogP contribution in [0.1, 0.15) is 25.3 Å². The van der Waals surface area contributed by atoms with Crippen LogP contribution in [0.25, 0.3) is 10.9 Å². The molecule has 0 saturated heterocycles. The van der Waals surface area contributed by atoms with Crippen molar-refractivity contribution in [1.82, 2.24) is 9.55 Å². The second-order valence-electron chi connectivity index (χ2n) is 4.35. The molecule has 1 heterocycles. The Kier molecular flexibility index (Phi) is 2.33. The molecule has 17 heavy (non-hydrogen) atoms. The maximum absolute atomic E-state index is 12.3. The molecule has 3 rings (SSSR count). The molecule has 0 unspecified atom stereocenters. The summed E-state index contributed by atoms with van der Waals surface area (Å²) in [5, 5.41) is 0.789. The molecule has 1 fully saturated rings. The lowest BCUT2D eigenvalue weighted by molar-refractivity contribution is 0.298. The zero-order chi connectivity index (χ0) is 12.0. The largest absolute Gasteiger partial charge is 0.329 e. The number of benzene rings is 1. The highest BCUT2D eigenvalue weighted by atomic mass is 35.5. The van der Waals surface area contributed by atoms with Crippen LogP contribution >= 0.6 is 11.6 Å². The lowest BCUT2D eigenvalue weighted by Crippen LogP contribution is -2.40. The van der Waals surface area contributed by atoms with Gasteiger partial charge in [-0.2, -0.15) is 0 Å². The lowest BCUT2D eigenvalue weighted by atomic mass is 9.93. The molecule has 1 N–H and O–H groups in total. The average Bonchev–Trinajstić information content (AvgIpc) is 2.21. The van der Waals surface area contributed by atoms with Gasteiger partial charge in [-0.15, -0.1) is 0 Å². The number of halogens is 1. The van der Waals surface area contributed by atoms with Crippen molar-refractivity contribution in [3.8, 4) is 0 Å². The van der Waals surface area contributed by atoms with Gasteiger partial charge < -0.3 is 4.98 Å². The number of hydrogen-bond donors (Lipinski definition) is 1. The van der Waals surface area contributed by atoms with Crippen molar-refractivity contribution in [2.75, 3.05) is 0 Å². The lowest BCUT2D eigenvalue weighted by Gasteiger charge is -2.26. The highest BCUT2D eigenvalue weighted by Gasteiger charge is 2.23. The van der Waals surface area contributed by atoms with Crippen LogP contribution in [0.4, 0.5) is 0 Å². The standard InChI is InChI=1S/C12H11ClN2O2/c13-8-5-2-6-9-10(8)11(16)15(12(17)14-9)7-3-1-4-7/h2,5-7H,1,3-4H2,(H,14,17). The van der Waals surface area contributed by atoms with E-state index in [1.54, 1.807) is 18.2 Å². The normalized spacial score (nSPS) is 16.1. The van der Waals surface area contributed by atoms with E-state index in [0.717, 1.165) is 19.3 Å². The fraction of sp³-hybridized carbons (Fsp3) is 0.333. The SMILES string of the molecule is O=c1[nH]c2cccc(Cl)c2c(=O)n1C1CCC1. The van der Waals surface area contributed by atoms with Gasteiger partial charge in [0.2, 0.25) is 0 Å². The minimum absolute atomic E-state index is 0.0342. The molecule has 0 atom stereocenters. The van der Waals surface area contributed by atoms with E-state index in [9.17, 15) is 9.59 Å². The minimum atomic E-state index is -0.338. The fourth-order valence-corrected chi connectivity index (χ4v) is 2.47. The van der Waals surface area contributed by atoms with Gasteiger partial charge in [0.1, 0.15) is 0 Å². The first-order chi connectivity index (χ1) is 8.18. The summed E-state index contributed by atoms with van der Waals surface area (Å²) in [6, 6.07) is 5.10. The van der Waals surface area contributed by atoms with E-state index in [2.05, 4.69) is 4.98 Å². The molecule has 0 amide bonds. The zero-order valence-corrected chi connectivity index (χ0v) is 9.83. The molecule has 4 nitrogen and oxygen atoms in total. The molecule has 1 aliphatic carbocycles. The fourth-order valence-electron chi connectivity index (χ4n) is 2.21. The van der Waals surface area contributed by atoms with Gasteiger partial charge in [-0.25, -0.2) is 4.79 Å². The smallest absolute Gasteiger partial charge is 0.307 e. The van der Waals surface area contributed by atoms with E-state index in [0.29, 0.717) is 15.9 Å². The van der Waals surface area contributed by atoms with Gasteiger partial charge in [0.15, 0.2) is 0 Å². The summed E-state index contributed by atoms with van der Waals surface area (Å²) in [5.74, 6) is 0. The van der Waals surface area contributed by atoms with Crippen LogP contribution in [0.15, 0.2) is 27.8 Å². The number of aromatic amines is 1. The molecule has 0 spiro atoms. The first-order valence-corrected chi connectivity index (χ1v) is 5.99. The van der Waals surface area contributed by atoms with E-state index in [1.807, 2.05) is 0 Å². The van der Waals surface area contributed by atoms with E-state index in [4.69, 9.17) is 11.6 Å². The van der Waals surface area contributed by atoms with Crippen molar-refractivity contribution < 1.29 is 0 Å². The number of H-pyrrole nitrogens is 1. The van der Waals surface area contributed by atoms with Gasteiger partial charge in [-0.1, -0.05) is 17.7 Å². The third-order valence-electron chi connectivity index (χ3n) is 3.35. The summed E-state index contributed by atoms with van der Waals surface area (Å²) < 4.78 is 1.30. The predicted octanol–water partition coefficient (Wildman–Crippen LogP) is 2.07. The van der Waals surface area contributed by atoms with Crippen LogP contribution in [-0.4, -0.2) is 9.55 Å². The van der Waals surface area contributed by atoms with Crippen molar-refractivity contribution in [3.05, 3.63) is 44.1 Å². The maximum Gasteiger partial charge on any atom is 0.329 e. The monoisotopic (exact) mass is 250 g/mol. The molecule has 5 heteroatoms. The molecule has 1 aromatic carbocycles. The number of aromatic nitrogens is 2. The molecule has 1 saturated carbocycles. The molecule has 1 aromatic heterocycles. The highest BCUT2D eigenvalue weighted by Crippen LogP contribution is 2.29. The van der Waals surface area contributed by atoms with Crippen molar-refractivity contribution in [3.63, 3.8) is 0 Å². The number of hydrogen-bond acceptors (Lipinski definition) is 2. The third kappa shape index (κ3) is 1.52. The Morgan fingerprint density at radius 3 is 2.71 bits per heavy atom. The molecular formula is C12H11ClN2O2. The summed E-state index contributed by atoms with van der Waals surface area (Å²) >= 11 is 6.02. The molecule has 88 valence electrons. The minimum Gasteiger partial charge on any atom is -0.307 e. The molecule has 2 aromatic rings. The van der Waals surface area contributed by atoms with Crippen LogP contribution in [0.3, 0.4) is 0 Å². The van der Waals surface area contributed by atoms with E-state index in [1.165, 1.54) is 4.57 Å².